The lowest BCUT2D eigenvalue weighted by Crippen LogP contribution is -2.26. The summed E-state index contributed by atoms with van der Waals surface area (Å²) in [4.78, 5) is 13.9. The third-order valence-corrected chi connectivity index (χ3v) is 4.01. The van der Waals surface area contributed by atoms with E-state index in [9.17, 15) is 4.79 Å². The molecule has 5 heteroatoms. The van der Waals surface area contributed by atoms with Crippen LogP contribution < -0.4 is 11.1 Å². The van der Waals surface area contributed by atoms with E-state index in [1.165, 1.54) is 0 Å². The molecule has 3 rings (SSSR count). The molecule has 1 fully saturated rings. The van der Waals surface area contributed by atoms with Gasteiger partial charge in [0.1, 0.15) is 0 Å². The van der Waals surface area contributed by atoms with Gasteiger partial charge in [0.2, 0.25) is 0 Å². The second-order valence-corrected chi connectivity index (χ2v) is 5.65. The molecule has 5 nitrogen and oxygen atoms in total. The van der Waals surface area contributed by atoms with Crippen LogP contribution in [0.5, 0.6) is 0 Å². The zero-order chi connectivity index (χ0) is 14.7. The molecule has 0 amide bonds. The lowest BCUT2D eigenvalue weighted by atomic mass is 9.99. The predicted molar refractivity (Wildman–Crippen MR) is 81.5 cm³/mol. The minimum Gasteiger partial charge on any atom is -0.408 e. The van der Waals surface area contributed by atoms with E-state index in [1.54, 1.807) is 0 Å². The quantitative estimate of drug-likeness (QED) is 0.858. The fourth-order valence-electron chi connectivity index (χ4n) is 2.93. The number of nitrogens with one attached hydrogen (secondary N) is 2. The summed E-state index contributed by atoms with van der Waals surface area (Å²) in [5, 5.41) is 3.57. The smallest absolute Gasteiger partial charge is 0.408 e. The molecule has 0 saturated carbocycles. The van der Waals surface area contributed by atoms with Gasteiger partial charge >= 0.3 is 5.76 Å². The molecular weight excluding hydrogens is 268 g/mol. The van der Waals surface area contributed by atoms with Crippen LogP contribution in [0.3, 0.4) is 0 Å². The lowest BCUT2D eigenvalue weighted by Gasteiger charge is -2.22. The van der Waals surface area contributed by atoms with Crippen molar-refractivity contribution in [3.63, 3.8) is 0 Å². The number of aromatic amines is 1. The van der Waals surface area contributed by atoms with Crippen molar-refractivity contribution in [1.82, 2.24) is 10.3 Å². The molecule has 2 atom stereocenters. The summed E-state index contributed by atoms with van der Waals surface area (Å²) in [6.45, 7) is 3.99. The first-order valence-corrected chi connectivity index (χ1v) is 7.74. The molecule has 2 aromatic rings. The van der Waals surface area contributed by atoms with E-state index in [4.69, 9.17) is 9.15 Å². The number of fused-ring (bicyclic) bond motifs is 1. The van der Waals surface area contributed by atoms with E-state index in [-0.39, 0.29) is 6.04 Å². The van der Waals surface area contributed by atoms with Gasteiger partial charge in [0.15, 0.2) is 5.58 Å². The zero-order valence-corrected chi connectivity index (χ0v) is 12.4. The molecule has 2 unspecified atom stereocenters. The number of H-pyrrole nitrogens is 1. The highest BCUT2D eigenvalue weighted by Gasteiger charge is 2.22. The number of benzene rings is 1. The maximum Gasteiger partial charge on any atom is 0.417 e. The Morgan fingerprint density at radius 2 is 2.38 bits per heavy atom. The Morgan fingerprint density at radius 1 is 1.48 bits per heavy atom. The molecule has 0 aliphatic carbocycles. The third kappa shape index (κ3) is 3.36. The molecule has 1 aliphatic rings. The Labute approximate surface area is 123 Å². The monoisotopic (exact) mass is 290 g/mol. The summed E-state index contributed by atoms with van der Waals surface area (Å²) in [7, 11) is 0. The molecule has 0 radical (unpaired) electrons. The minimum atomic E-state index is -0.403. The van der Waals surface area contributed by atoms with Gasteiger partial charge in [0.25, 0.3) is 0 Å². The standard InChI is InChI=1S/C16H22N2O3/c1-2-7-17-14(10-12-4-3-8-20-12)11-5-6-13-15(9-11)21-16(19)18-13/h5-6,9,12,14,17H,2-4,7-8,10H2,1H3,(H,18,19). The van der Waals surface area contributed by atoms with Crippen LogP contribution in [0, 0.1) is 0 Å². The molecule has 0 spiro atoms. The van der Waals surface area contributed by atoms with Gasteiger partial charge in [-0.05, 0) is 49.9 Å². The van der Waals surface area contributed by atoms with Crippen molar-refractivity contribution in [2.24, 2.45) is 0 Å². The Morgan fingerprint density at radius 3 is 3.14 bits per heavy atom. The largest absolute Gasteiger partial charge is 0.417 e. The maximum atomic E-state index is 11.3. The van der Waals surface area contributed by atoms with Crippen LogP contribution in [0.2, 0.25) is 0 Å². The maximum absolute atomic E-state index is 11.3. The first-order chi connectivity index (χ1) is 10.3. The minimum absolute atomic E-state index is 0.234. The molecule has 0 bridgehead atoms. The highest BCUT2D eigenvalue weighted by atomic mass is 16.5. The van der Waals surface area contributed by atoms with Gasteiger partial charge in [-0.15, -0.1) is 0 Å². The van der Waals surface area contributed by atoms with E-state index in [2.05, 4.69) is 23.3 Å². The second kappa shape index (κ2) is 6.45. The van der Waals surface area contributed by atoms with E-state index in [0.717, 1.165) is 49.9 Å². The molecule has 1 aliphatic heterocycles. The number of hydrogen-bond acceptors (Lipinski definition) is 4. The Balaban J connectivity index is 1.82. The summed E-state index contributed by atoms with van der Waals surface area (Å²) in [6.07, 6.45) is 4.65. The van der Waals surface area contributed by atoms with Crippen LogP contribution in [-0.4, -0.2) is 24.2 Å². The molecule has 1 aromatic carbocycles. The van der Waals surface area contributed by atoms with Crippen LogP contribution in [0.1, 0.15) is 44.2 Å². The first kappa shape index (κ1) is 14.4. The first-order valence-electron chi connectivity index (χ1n) is 7.74. The van der Waals surface area contributed by atoms with Crippen molar-refractivity contribution >= 4 is 11.1 Å². The van der Waals surface area contributed by atoms with Crippen molar-refractivity contribution in [2.75, 3.05) is 13.2 Å². The molecule has 21 heavy (non-hydrogen) atoms. The van der Waals surface area contributed by atoms with Crippen LogP contribution in [0.4, 0.5) is 0 Å². The lowest BCUT2D eigenvalue weighted by molar-refractivity contribution is 0.0946. The van der Waals surface area contributed by atoms with Crippen molar-refractivity contribution in [3.05, 3.63) is 34.3 Å². The van der Waals surface area contributed by atoms with Crippen molar-refractivity contribution in [3.8, 4) is 0 Å². The zero-order valence-electron chi connectivity index (χ0n) is 12.4. The van der Waals surface area contributed by atoms with Gasteiger partial charge in [-0.1, -0.05) is 13.0 Å². The highest BCUT2D eigenvalue weighted by Crippen LogP contribution is 2.27. The van der Waals surface area contributed by atoms with Crippen LogP contribution >= 0.6 is 0 Å². The van der Waals surface area contributed by atoms with Crippen molar-refractivity contribution in [1.29, 1.82) is 0 Å². The van der Waals surface area contributed by atoms with Gasteiger partial charge in [-0.3, -0.25) is 4.98 Å². The van der Waals surface area contributed by atoms with E-state index >= 15 is 0 Å². The van der Waals surface area contributed by atoms with E-state index in [1.807, 2.05) is 12.1 Å². The Hall–Kier alpha value is -1.59. The van der Waals surface area contributed by atoms with Gasteiger partial charge < -0.3 is 14.5 Å². The van der Waals surface area contributed by atoms with E-state index in [0.29, 0.717) is 11.7 Å². The average molecular weight is 290 g/mol. The van der Waals surface area contributed by atoms with Gasteiger partial charge in [-0.2, -0.15) is 0 Å². The normalized spacial score (nSPS) is 20.1. The van der Waals surface area contributed by atoms with E-state index < -0.39 is 5.76 Å². The molecule has 114 valence electrons. The summed E-state index contributed by atoms with van der Waals surface area (Å²) >= 11 is 0. The Bertz CT molecular complexity index is 640. The molecule has 1 saturated heterocycles. The van der Waals surface area contributed by atoms with Crippen LogP contribution in [0.15, 0.2) is 27.4 Å². The number of aromatic nitrogens is 1. The van der Waals surface area contributed by atoms with Crippen molar-refractivity contribution < 1.29 is 9.15 Å². The third-order valence-electron chi connectivity index (χ3n) is 4.01. The van der Waals surface area contributed by atoms with Crippen LogP contribution in [0.25, 0.3) is 11.1 Å². The fraction of sp³-hybridized carbons (Fsp3) is 0.562. The van der Waals surface area contributed by atoms with Crippen LogP contribution in [-0.2, 0) is 4.74 Å². The van der Waals surface area contributed by atoms with Gasteiger partial charge in [-0.25, -0.2) is 4.79 Å². The molecule has 2 heterocycles. The van der Waals surface area contributed by atoms with Crippen molar-refractivity contribution in [2.45, 2.75) is 44.8 Å². The number of ether oxygens (including phenoxy) is 1. The molecule has 2 N–H and O–H groups in total. The fourth-order valence-corrected chi connectivity index (χ4v) is 2.93. The Kier molecular flexibility index (Phi) is 4.41. The number of rotatable bonds is 6. The topological polar surface area (TPSA) is 67.3 Å². The summed E-state index contributed by atoms with van der Waals surface area (Å²) in [5.41, 5.74) is 2.51. The summed E-state index contributed by atoms with van der Waals surface area (Å²) in [5.74, 6) is -0.403. The SMILES string of the molecule is CCCNC(CC1CCCO1)c1ccc2[nH]c(=O)oc2c1. The average Bonchev–Trinajstić information content (AvgIpc) is 3.10. The molecule has 1 aromatic heterocycles. The summed E-state index contributed by atoms with van der Waals surface area (Å²) in [6, 6.07) is 6.15. The second-order valence-electron chi connectivity index (χ2n) is 5.65. The van der Waals surface area contributed by atoms with Gasteiger partial charge in [0.05, 0.1) is 11.6 Å². The number of hydrogen-bond donors (Lipinski definition) is 2. The number of oxazole rings is 1. The summed E-state index contributed by atoms with van der Waals surface area (Å²) < 4.78 is 10.9. The predicted octanol–water partition coefficient (Wildman–Crippen LogP) is 2.73. The highest BCUT2D eigenvalue weighted by molar-refractivity contribution is 5.72. The molecular formula is C16H22N2O3. The van der Waals surface area contributed by atoms with Gasteiger partial charge in [0, 0.05) is 12.6 Å².